The van der Waals surface area contributed by atoms with Crippen LogP contribution in [-0.2, 0) is 4.74 Å². The van der Waals surface area contributed by atoms with Crippen molar-refractivity contribution in [2.75, 3.05) is 32.6 Å². The van der Waals surface area contributed by atoms with Crippen LogP contribution in [-0.4, -0.2) is 59.3 Å². The summed E-state index contributed by atoms with van der Waals surface area (Å²) in [6.45, 7) is 1.26. The van der Waals surface area contributed by atoms with Crippen LogP contribution in [0.2, 0.25) is 0 Å². The standard InChI is InChI=1S/C23H24N6O2/c1-26-19-10-16(23(30)28-9-3-4-17(28)14-31-2)6-7-18(19)22(25)20-12-27-21-8-5-15(11-24)13-29(20)21/h5-8,10,12-13,17,25-26H,3-4,9,14H2,1-2H3/t17-/m1/s1. The minimum Gasteiger partial charge on any atom is -0.388 e. The zero-order chi connectivity index (χ0) is 22.0. The first kappa shape index (κ1) is 20.6. The third-order valence-corrected chi connectivity index (χ3v) is 5.69. The molecule has 2 aromatic heterocycles. The molecular formula is C23H24N6O2. The lowest BCUT2D eigenvalue weighted by Gasteiger charge is -2.24. The van der Waals surface area contributed by atoms with Crippen LogP contribution in [0.3, 0.4) is 0 Å². The summed E-state index contributed by atoms with van der Waals surface area (Å²) in [6, 6.07) is 11.0. The number of pyridine rings is 1. The van der Waals surface area contributed by atoms with Crippen molar-refractivity contribution in [3.8, 4) is 6.07 Å². The molecule has 1 aliphatic heterocycles. The van der Waals surface area contributed by atoms with Crippen molar-refractivity contribution >= 4 is 23.0 Å². The number of imidazole rings is 1. The summed E-state index contributed by atoms with van der Waals surface area (Å²) in [4.78, 5) is 19.3. The third-order valence-electron chi connectivity index (χ3n) is 5.69. The monoisotopic (exact) mass is 416 g/mol. The van der Waals surface area contributed by atoms with E-state index in [2.05, 4.69) is 16.4 Å². The second-order valence-corrected chi connectivity index (χ2v) is 7.54. The van der Waals surface area contributed by atoms with Gasteiger partial charge in [0, 0.05) is 43.7 Å². The molecule has 1 atom stereocenters. The molecule has 0 radical (unpaired) electrons. The highest BCUT2D eigenvalue weighted by atomic mass is 16.5. The highest BCUT2D eigenvalue weighted by molar-refractivity contribution is 6.14. The van der Waals surface area contributed by atoms with Crippen molar-refractivity contribution in [2.24, 2.45) is 0 Å². The zero-order valence-electron chi connectivity index (χ0n) is 17.6. The smallest absolute Gasteiger partial charge is 0.254 e. The predicted molar refractivity (Wildman–Crippen MR) is 118 cm³/mol. The molecule has 0 spiro atoms. The number of benzene rings is 1. The van der Waals surface area contributed by atoms with E-state index in [1.807, 2.05) is 4.90 Å². The van der Waals surface area contributed by atoms with Gasteiger partial charge in [0.25, 0.3) is 5.91 Å². The van der Waals surface area contributed by atoms with Crippen LogP contribution in [0.4, 0.5) is 5.69 Å². The van der Waals surface area contributed by atoms with Gasteiger partial charge >= 0.3 is 0 Å². The number of likely N-dealkylation sites (tertiary alicyclic amines) is 1. The molecule has 1 aromatic carbocycles. The number of carbonyl (C=O) groups is 1. The molecule has 0 unspecified atom stereocenters. The molecule has 1 saturated heterocycles. The zero-order valence-corrected chi connectivity index (χ0v) is 17.6. The number of carbonyl (C=O) groups excluding carboxylic acids is 1. The van der Waals surface area contributed by atoms with Crippen LogP contribution < -0.4 is 5.32 Å². The lowest BCUT2D eigenvalue weighted by molar-refractivity contribution is 0.0630. The van der Waals surface area contributed by atoms with E-state index in [4.69, 9.17) is 10.1 Å². The molecule has 0 aliphatic carbocycles. The lowest BCUT2D eigenvalue weighted by atomic mass is 10.0. The quantitative estimate of drug-likeness (QED) is 0.601. The Morgan fingerprint density at radius 1 is 1.39 bits per heavy atom. The number of nitriles is 1. The number of fused-ring (bicyclic) bond motifs is 1. The summed E-state index contributed by atoms with van der Waals surface area (Å²) in [5.41, 5.74) is 3.89. The Hall–Kier alpha value is -3.70. The summed E-state index contributed by atoms with van der Waals surface area (Å²) in [5.74, 6) is -0.0254. The SMILES string of the molecule is CNc1cc(C(=O)N2CCC[C@@H]2COC)ccc1C(=N)c1cnc2ccc(C#N)cn12. The van der Waals surface area contributed by atoms with Crippen molar-refractivity contribution in [1.29, 1.82) is 10.7 Å². The first-order chi connectivity index (χ1) is 15.1. The van der Waals surface area contributed by atoms with Gasteiger partial charge in [-0.1, -0.05) is 0 Å². The Morgan fingerprint density at radius 2 is 2.23 bits per heavy atom. The third kappa shape index (κ3) is 3.76. The number of nitrogens with zero attached hydrogens (tertiary/aromatic N) is 4. The van der Waals surface area contributed by atoms with Crippen molar-refractivity contribution in [3.63, 3.8) is 0 Å². The topological polar surface area (TPSA) is 107 Å². The largest absolute Gasteiger partial charge is 0.388 e. The van der Waals surface area contributed by atoms with Gasteiger partial charge in [-0.05, 0) is 43.2 Å². The summed E-state index contributed by atoms with van der Waals surface area (Å²) < 4.78 is 7.00. The van der Waals surface area contributed by atoms with E-state index < -0.39 is 0 Å². The summed E-state index contributed by atoms with van der Waals surface area (Å²) in [7, 11) is 3.42. The summed E-state index contributed by atoms with van der Waals surface area (Å²) in [6.07, 6.45) is 5.21. The maximum atomic E-state index is 13.1. The molecule has 158 valence electrons. The molecule has 8 heteroatoms. The van der Waals surface area contributed by atoms with Gasteiger partial charge in [-0.3, -0.25) is 14.6 Å². The van der Waals surface area contributed by atoms with E-state index in [0.29, 0.717) is 40.3 Å². The molecule has 1 fully saturated rings. The molecule has 3 heterocycles. The van der Waals surface area contributed by atoms with Crippen LogP contribution in [0.1, 0.15) is 40.0 Å². The van der Waals surface area contributed by atoms with Crippen LogP contribution in [0.5, 0.6) is 0 Å². The van der Waals surface area contributed by atoms with Gasteiger partial charge < -0.3 is 15.0 Å². The number of anilines is 1. The number of nitrogens with one attached hydrogen (secondary N) is 2. The molecule has 1 aliphatic rings. The molecule has 0 saturated carbocycles. The Morgan fingerprint density at radius 3 is 2.97 bits per heavy atom. The summed E-state index contributed by atoms with van der Waals surface area (Å²) in [5, 5.41) is 21.1. The molecule has 3 aromatic rings. The number of rotatable bonds is 6. The molecule has 31 heavy (non-hydrogen) atoms. The fourth-order valence-corrected chi connectivity index (χ4v) is 4.11. The maximum Gasteiger partial charge on any atom is 0.254 e. The van der Waals surface area contributed by atoms with Crippen LogP contribution >= 0.6 is 0 Å². The van der Waals surface area contributed by atoms with Crippen LogP contribution in [0.15, 0.2) is 42.7 Å². The Kier molecular flexibility index (Phi) is 5.69. The van der Waals surface area contributed by atoms with Crippen molar-refractivity contribution in [1.82, 2.24) is 14.3 Å². The van der Waals surface area contributed by atoms with E-state index in [9.17, 15) is 10.1 Å². The van der Waals surface area contributed by atoms with E-state index in [0.717, 1.165) is 19.4 Å². The first-order valence-corrected chi connectivity index (χ1v) is 10.2. The van der Waals surface area contributed by atoms with Crippen LogP contribution in [0, 0.1) is 16.7 Å². The van der Waals surface area contributed by atoms with Gasteiger partial charge in [0.15, 0.2) is 0 Å². The average Bonchev–Trinajstić information content (AvgIpc) is 3.44. The van der Waals surface area contributed by atoms with E-state index >= 15 is 0 Å². The molecule has 0 bridgehead atoms. The van der Waals surface area contributed by atoms with Gasteiger partial charge in [0.2, 0.25) is 0 Å². The van der Waals surface area contributed by atoms with Gasteiger partial charge in [-0.25, -0.2) is 4.98 Å². The number of ether oxygens (including phenoxy) is 1. The second kappa shape index (κ2) is 8.58. The van der Waals surface area contributed by atoms with Gasteiger partial charge in [-0.15, -0.1) is 0 Å². The first-order valence-electron chi connectivity index (χ1n) is 10.2. The van der Waals surface area contributed by atoms with E-state index in [1.165, 1.54) is 0 Å². The molecule has 8 nitrogen and oxygen atoms in total. The Bertz CT molecular complexity index is 1190. The van der Waals surface area contributed by atoms with Crippen LogP contribution in [0.25, 0.3) is 5.65 Å². The predicted octanol–water partition coefficient (Wildman–Crippen LogP) is 2.91. The highest BCUT2D eigenvalue weighted by Crippen LogP contribution is 2.25. The Labute approximate surface area is 180 Å². The molecule has 1 amide bonds. The summed E-state index contributed by atoms with van der Waals surface area (Å²) >= 11 is 0. The lowest BCUT2D eigenvalue weighted by Crippen LogP contribution is -2.38. The maximum absolute atomic E-state index is 13.1. The van der Waals surface area contributed by atoms with Crippen molar-refractivity contribution in [2.45, 2.75) is 18.9 Å². The van der Waals surface area contributed by atoms with Gasteiger partial charge in [0.05, 0.1) is 35.8 Å². The molecular weight excluding hydrogens is 392 g/mol. The normalized spacial score (nSPS) is 15.8. The molecule has 2 N–H and O–H groups in total. The second-order valence-electron chi connectivity index (χ2n) is 7.54. The van der Waals surface area contributed by atoms with Crippen molar-refractivity contribution < 1.29 is 9.53 Å². The number of amides is 1. The average molecular weight is 416 g/mol. The highest BCUT2D eigenvalue weighted by Gasteiger charge is 2.29. The van der Waals surface area contributed by atoms with E-state index in [1.54, 1.807) is 61.3 Å². The number of hydrogen-bond donors (Lipinski definition) is 2. The number of aromatic nitrogens is 2. The fraction of sp³-hybridized carbons (Fsp3) is 0.304. The molecule has 4 rings (SSSR count). The van der Waals surface area contributed by atoms with Crippen molar-refractivity contribution in [3.05, 3.63) is 65.1 Å². The number of hydrogen-bond acceptors (Lipinski definition) is 6. The minimum atomic E-state index is -0.0254. The number of methoxy groups -OCH3 is 1. The fourth-order valence-electron chi connectivity index (χ4n) is 4.11. The Balaban J connectivity index is 1.67. The van der Waals surface area contributed by atoms with E-state index in [-0.39, 0.29) is 17.7 Å². The van der Waals surface area contributed by atoms with Gasteiger partial charge in [0.1, 0.15) is 11.7 Å². The van der Waals surface area contributed by atoms with Gasteiger partial charge in [-0.2, -0.15) is 5.26 Å². The minimum absolute atomic E-state index is 0.0254.